The fraction of sp³-hybridized carbons (Fsp3) is 0.400. The van der Waals surface area contributed by atoms with Gasteiger partial charge in [-0.1, -0.05) is 0 Å². The summed E-state index contributed by atoms with van der Waals surface area (Å²) in [6.07, 6.45) is 1.61. The molecule has 0 aromatic heterocycles. The van der Waals surface area contributed by atoms with Gasteiger partial charge in [0.05, 0.1) is 28.4 Å². The number of hydrogen-bond donors (Lipinski definition) is 2. The summed E-state index contributed by atoms with van der Waals surface area (Å²) in [5.74, 6) is 2.66. The van der Waals surface area contributed by atoms with Crippen LogP contribution in [0.1, 0.15) is 11.1 Å². The van der Waals surface area contributed by atoms with E-state index >= 15 is 0 Å². The van der Waals surface area contributed by atoms with E-state index in [9.17, 15) is 0 Å². The van der Waals surface area contributed by atoms with Gasteiger partial charge in [-0.3, -0.25) is 0 Å². The third-order valence-electron chi connectivity index (χ3n) is 3.54. The fourth-order valence-corrected chi connectivity index (χ4v) is 2.23. The number of methoxy groups -OCH3 is 4. The zero-order chi connectivity index (χ0) is 23.4. The van der Waals surface area contributed by atoms with E-state index in [0.29, 0.717) is 36.1 Å². The molecule has 0 fully saturated rings. The van der Waals surface area contributed by atoms with Crippen molar-refractivity contribution in [2.24, 2.45) is 11.5 Å². The fourth-order valence-electron chi connectivity index (χ4n) is 2.23. The Kier molecular flexibility index (Phi) is 23.5. The molecule has 2 aromatic carbocycles. The zero-order valence-corrected chi connectivity index (χ0v) is 23.6. The molecule has 0 aliphatic heterocycles. The molecule has 176 valence electrons. The van der Waals surface area contributed by atoms with Crippen molar-refractivity contribution in [1.29, 1.82) is 0 Å². The molecule has 0 heterocycles. The van der Waals surface area contributed by atoms with Crippen LogP contribution in [0.4, 0.5) is 0 Å². The Balaban J connectivity index is 0. The Labute approximate surface area is 215 Å². The van der Waals surface area contributed by atoms with Crippen LogP contribution in [0, 0.1) is 12.1 Å². The quantitative estimate of drug-likeness (QED) is 0.318. The van der Waals surface area contributed by atoms with Crippen molar-refractivity contribution in [3.05, 3.63) is 47.5 Å². The molecular weight excluding hydrogens is 705 g/mol. The van der Waals surface area contributed by atoms with E-state index in [0.717, 1.165) is 24.0 Å². The van der Waals surface area contributed by atoms with Crippen LogP contribution in [0.2, 0.25) is 0 Å². The first-order chi connectivity index (χ1) is 14.6. The molecule has 0 aliphatic carbocycles. The molecule has 0 unspecified atom stereocenters. The zero-order valence-electron chi connectivity index (χ0n) is 17.3. The van der Waals surface area contributed by atoms with E-state index < -0.39 is 0 Å². The van der Waals surface area contributed by atoms with E-state index in [4.69, 9.17) is 30.4 Å². The molecule has 0 aliphatic rings. The predicted octanol–water partition coefficient (Wildman–Crippen LogP) is 3.70. The topological polar surface area (TPSA) is 89.0 Å². The third kappa shape index (κ3) is 12.6. The van der Waals surface area contributed by atoms with Crippen molar-refractivity contribution < 1.29 is 53.3 Å². The van der Waals surface area contributed by atoms with Crippen molar-refractivity contribution in [3.8, 4) is 23.0 Å². The van der Waals surface area contributed by atoms with E-state index in [1.54, 1.807) is 28.4 Å². The van der Waals surface area contributed by atoms with Gasteiger partial charge in [0.15, 0.2) is 0 Å². The van der Waals surface area contributed by atoms with Gasteiger partial charge in [0.25, 0.3) is 0 Å². The summed E-state index contributed by atoms with van der Waals surface area (Å²) in [5.41, 5.74) is 12.9. The molecule has 10 heteroatoms. The van der Waals surface area contributed by atoms with Crippen LogP contribution < -0.4 is 30.4 Å². The number of halogens is 2. The minimum absolute atomic E-state index is 0.617. The Bertz CT molecular complexity index is 626. The number of benzene rings is 2. The van der Waals surface area contributed by atoms with E-state index in [-0.39, 0.29) is 0 Å². The molecule has 6 nitrogen and oxygen atoms in total. The number of rotatable bonds is 8. The molecular formula is C20H28Br2N2O4Pd2. The molecule has 0 bridgehead atoms. The summed E-state index contributed by atoms with van der Waals surface area (Å²) in [7, 11) is 6.41. The van der Waals surface area contributed by atoms with Gasteiger partial charge < -0.3 is 30.4 Å². The molecule has 2 aromatic rings. The summed E-state index contributed by atoms with van der Waals surface area (Å²) < 4.78 is 20.4. The summed E-state index contributed by atoms with van der Waals surface area (Å²) in [4.78, 5) is 0. The summed E-state index contributed by atoms with van der Waals surface area (Å²) in [6, 6.07) is 13.8. The first-order valence-electron chi connectivity index (χ1n) is 8.53. The first-order valence-corrected chi connectivity index (χ1v) is 15.6. The Hall–Kier alpha value is -0.155. The second-order valence-electron chi connectivity index (χ2n) is 5.25. The molecule has 0 saturated heterocycles. The molecule has 2 rings (SSSR count). The van der Waals surface area contributed by atoms with Crippen molar-refractivity contribution in [1.82, 2.24) is 0 Å². The van der Waals surface area contributed by atoms with Crippen LogP contribution in [-0.4, -0.2) is 41.5 Å². The average molecular weight is 733 g/mol. The summed E-state index contributed by atoms with van der Waals surface area (Å²) in [6.45, 7) is 1.23. The van der Waals surface area contributed by atoms with Gasteiger partial charge in [0.1, 0.15) is 0 Å². The van der Waals surface area contributed by atoms with Crippen LogP contribution in [0.5, 0.6) is 23.0 Å². The van der Waals surface area contributed by atoms with E-state index in [1.165, 1.54) is 0 Å². The van der Waals surface area contributed by atoms with Crippen molar-refractivity contribution in [2.45, 2.75) is 12.8 Å². The molecule has 0 amide bonds. The van der Waals surface area contributed by atoms with Crippen molar-refractivity contribution in [3.63, 3.8) is 0 Å². The molecule has 0 saturated carbocycles. The number of hydrogen-bond acceptors (Lipinski definition) is 6. The molecule has 4 N–H and O–H groups in total. The maximum absolute atomic E-state index is 5.43. The molecule has 30 heavy (non-hydrogen) atoms. The van der Waals surface area contributed by atoms with E-state index in [2.05, 4.69) is 73.4 Å². The van der Waals surface area contributed by atoms with Crippen LogP contribution in [0.25, 0.3) is 0 Å². The Morgan fingerprint density at radius 1 is 0.667 bits per heavy atom. The van der Waals surface area contributed by atoms with Crippen LogP contribution in [0.3, 0.4) is 0 Å². The predicted molar refractivity (Wildman–Crippen MR) is 120 cm³/mol. The molecule has 0 atom stereocenters. The summed E-state index contributed by atoms with van der Waals surface area (Å²) >= 11 is 10.7. The number of nitrogens with two attached hydrogens (primary N) is 2. The van der Waals surface area contributed by atoms with Gasteiger partial charge in [-0.25, -0.2) is 0 Å². The maximum atomic E-state index is 5.43. The average Bonchev–Trinajstić information content (AvgIpc) is 2.82. The van der Waals surface area contributed by atoms with Gasteiger partial charge in [-0.15, -0.1) is 24.3 Å². The minimum atomic E-state index is 0.617. The molecule has 0 radical (unpaired) electrons. The Morgan fingerprint density at radius 3 is 1.23 bits per heavy atom. The third-order valence-corrected chi connectivity index (χ3v) is 3.54. The van der Waals surface area contributed by atoms with Crippen molar-refractivity contribution >= 4 is 26.9 Å². The van der Waals surface area contributed by atoms with Gasteiger partial charge >= 0.3 is 61.2 Å². The summed E-state index contributed by atoms with van der Waals surface area (Å²) in [5, 5.41) is 0. The van der Waals surface area contributed by atoms with Crippen LogP contribution >= 0.6 is 26.9 Å². The van der Waals surface area contributed by atoms with Crippen molar-refractivity contribution in [2.75, 3.05) is 41.5 Å². The first kappa shape index (κ1) is 32.0. The second-order valence-corrected chi connectivity index (χ2v) is 5.25. The van der Waals surface area contributed by atoms with Gasteiger partial charge in [-0.05, 0) is 25.9 Å². The van der Waals surface area contributed by atoms with Crippen LogP contribution in [-0.2, 0) is 47.2 Å². The van der Waals surface area contributed by atoms with Gasteiger partial charge in [0.2, 0.25) is 0 Å². The van der Waals surface area contributed by atoms with Gasteiger partial charge in [0, 0.05) is 23.0 Å². The van der Waals surface area contributed by atoms with E-state index in [1.807, 2.05) is 24.3 Å². The number of ether oxygens (including phenoxy) is 4. The monoisotopic (exact) mass is 730 g/mol. The SMILES string of the molecule is COc1[c-]c(CCN)ccc1OC.COc1[c-]c(CCN)ccc1OC.[Br][Pd+].[Br][Pd+]. The Morgan fingerprint density at radius 2 is 1.00 bits per heavy atom. The van der Waals surface area contributed by atoms with Crippen LogP contribution in [0.15, 0.2) is 24.3 Å². The van der Waals surface area contributed by atoms with Gasteiger partial charge in [-0.2, -0.15) is 23.3 Å². The second kappa shape index (κ2) is 22.1. The molecule has 0 spiro atoms. The standard InChI is InChI=1S/2C10H14NO2.2BrH.2Pd/c2*1-12-9-4-3-8(5-6-11)7-10(9)13-2;;;;/h2*3-4H,5-6,11H2,1-2H3;2*1H;;/q2*-1;;;2*+2/p-2. The normalized spacial score (nSPS) is 8.93.